The second kappa shape index (κ2) is 8.22. The number of rotatable bonds is 6. The Labute approximate surface area is 177 Å². The third-order valence-electron chi connectivity index (χ3n) is 5.11. The fourth-order valence-electron chi connectivity index (χ4n) is 3.74. The van der Waals surface area contributed by atoms with Gasteiger partial charge in [0.15, 0.2) is 5.43 Å². The molecule has 1 atom stereocenters. The van der Waals surface area contributed by atoms with Gasteiger partial charge in [0.2, 0.25) is 5.76 Å². The molecule has 1 aliphatic heterocycles. The fraction of sp³-hybridized carbons (Fsp3) is 0.273. The van der Waals surface area contributed by atoms with Crippen molar-refractivity contribution in [1.82, 2.24) is 4.90 Å². The molecule has 0 saturated carbocycles. The summed E-state index contributed by atoms with van der Waals surface area (Å²) in [6, 6.07) is 12.3. The van der Waals surface area contributed by atoms with Crippen molar-refractivity contribution in [2.75, 3.05) is 26.5 Å². The normalized spacial score (nSPS) is 15.9. The predicted molar refractivity (Wildman–Crippen MR) is 115 cm³/mol. The zero-order valence-electron chi connectivity index (χ0n) is 16.1. The van der Waals surface area contributed by atoms with Crippen molar-refractivity contribution in [3.63, 3.8) is 0 Å². The highest BCUT2D eigenvalue weighted by Gasteiger charge is 2.42. The largest absolute Gasteiger partial charge is 0.450 e. The summed E-state index contributed by atoms with van der Waals surface area (Å²) in [6.07, 6.45) is 2.67. The van der Waals surface area contributed by atoms with Crippen LogP contribution in [-0.2, 0) is 4.74 Å². The molecule has 0 spiro atoms. The van der Waals surface area contributed by atoms with E-state index in [9.17, 15) is 9.59 Å². The number of halogens is 1. The van der Waals surface area contributed by atoms with E-state index in [1.54, 1.807) is 42.0 Å². The SMILES string of the molecule is COCCCN1C(=O)c2oc3ccc(Cl)cc3c(=O)c2C1c1ccc(SC)cc1. The quantitative estimate of drug-likeness (QED) is 0.418. The molecule has 0 saturated heterocycles. The van der Waals surface area contributed by atoms with Crippen LogP contribution in [-0.4, -0.2) is 37.3 Å². The second-order valence-electron chi connectivity index (χ2n) is 6.84. The standard InChI is InChI=1S/C22H20ClNO4S/c1-27-11-3-10-24-19(13-4-7-15(29-2)8-5-13)18-20(25)16-12-14(23)6-9-17(16)28-21(18)22(24)26/h4-9,12,19H,3,10-11H2,1-2H3. The number of thioether (sulfide) groups is 1. The first kappa shape index (κ1) is 20.0. The van der Waals surface area contributed by atoms with Crippen molar-refractivity contribution in [1.29, 1.82) is 0 Å². The first-order valence-electron chi connectivity index (χ1n) is 9.25. The van der Waals surface area contributed by atoms with E-state index in [0.29, 0.717) is 41.1 Å². The van der Waals surface area contributed by atoms with Crippen LogP contribution in [0, 0.1) is 0 Å². The summed E-state index contributed by atoms with van der Waals surface area (Å²) in [7, 11) is 1.63. The molecule has 2 heterocycles. The van der Waals surface area contributed by atoms with E-state index >= 15 is 0 Å². The van der Waals surface area contributed by atoms with Crippen LogP contribution in [0.15, 0.2) is 56.6 Å². The Balaban J connectivity index is 1.90. The average molecular weight is 430 g/mol. The molecule has 7 heteroatoms. The van der Waals surface area contributed by atoms with Crippen LogP contribution >= 0.6 is 23.4 Å². The maximum Gasteiger partial charge on any atom is 0.290 e. The lowest BCUT2D eigenvalue weighted by Crippen LogP contribution is -2.31. The highest BCUT2D eigenvalue weighted by Crippen LogP contribution is 2.38. The minimum absolute atomic E-state index is 0.112. The number of benzene rings is 2. The number of hydrogen-bond acceptors (Lipinski definition) is 5. The Kier molecular flexibility index (Phi) is 5.67. The molecule has 1 aliphatic rings. The lowest BCUT2D eigenvalue weighted by atomic mass is 9.98. The van der Waals surface area contributed by atoms with Crippen molar-refractivity contribution < 1.29 is 13.9 Å². The molecule has 2 aromatic carbocycles. The summed E-state index contributed by atoms with van der Waals surface area (Å²) in [5.41, 5.74) is 1.40. The number of carbonyl (C=O) groups excluding carboxylic acids is 1. The summed E-state index contributed by atoms with van der Waals surface area (Å²) >= 11 is 7.73. The molecule has 0 aliphatic carbocycles. The van der Waals surface area contributed by atoms with Gasteiger partial charge in [0.25, 0.3) is 5.91 Å². The Morgan fingerprint density at radius 1 is 1.17 bits per heavy atom. The second-order valence-corrected chi connectivity index (χ2v) is 8.15. The lowest BCUT2D eigenvalue weighted by molar-refractivity contribution is 0.0708. The van der Waals surface area contributed by atoms with E-state index in [-0.39, 0.29) is 17.1 Å². The van der Waals surface area contributed by atoms with Gasteiger partial charge in [-0.1, -0.05) is 23.7 Å². The number of fused-ring (bicyclic) bond motifs is 2. The number of carbonyl (C=O) groups is 1. The van der Waals surface area contributed by atoms with E-state index in [1.807, 2.05) is 30.5 Å². The highest BCUT2D eigenvalue weighted by atomic mass is 35.5. The average Bonchev–Trinajstić information content (AvgIpc) is 3.01. The van der Waals surface area contributed by atoms with Crippen molar-refractivity contribution in [3.8, 4) is 0 Å². The van der Waals surface area contributed by atoms with E-state index in [4.69, 9.17) is 20.8 Å². The fourth-order valence-corrected chi connectivity index (χ4v) is 4.32. The first-order valence-corrected chi connectivity index (χ1v) is 10.9. The molecule has 150 valence electrons. The van der Waals surface area contributed by atoms with Gasteiger partial charge in [-0.15, -0.1) is 11.8 Å². The number of amides is 1. The molecular weight excluding hydrogens is 410 g/mol. The highest BCUT2D eigenvalue weighted by molar-refractivity contribution is 7.98. The number of hydrogen-bond donors (Lipinski definition) is 0. The van der Waals surface area contributed by atoms with E-state index in [2.05, 4.69) is 0 Å². The van der Waals surface area contributed by atoms with Crippen LogP contribution in [0.1, 0.15) is 34.1 Å². The first-order chi connectivity index (χ1) is 14.0. The summed E-state index contributed by atoms with van der Waals surface area (Å²) in [5.74, 6) is -0.162. The zero-order chi connectivity index (χ0) is 20.5. The van der Waals surface area contributed by atoms with Crippen LogP contribution in [0.3, 0.4) is 0 Å². The van der Waals surface area contributed by atoms with Gasteiger partial charge in [-0.05, 0) is 48.6 Å². The van der Waals surface area contributed by atoms with Gasteiger partial charge in [0.1, 0.15) is 5.58 Å². The monoisotopic (exact) mass is 429 g/mol. The van der Waals surface area contributed by atoms with Crippen molar-refractivity contribution in [2.24, 2.45) is 0 Å². The smallest absolute Gasteiger partial charge is 0.290 e. The van der Waals surface area contributed by atoms with Crippen LogP contribution in [0.2, 0.25) is 5.02 Å². The maximum absolute atomic E-state index is 13.4. The van der Waals surface area contributed by atoms with Gasteiger partial charge in [-0.2, -0.15) is 0 Å². The van der Waals surface area contributed by atoms with Crippen molar-refractivity contribution >= 4 is 40.2 Å². The van der Waals surface area contributed by atoms with Crippen LogP contribution in [0.25, 0.3) is 11.0 Å². The Bertz CT molecular complexity index is 1130. The molecule has 0 fully saturated rings. The van der Waals surface area contributed by atoms with Gasteiger partial charge in [-0.25, -0.2) is 0 Å². The topological polar surface area (TPSA) is 59.8 Å². The molecule has 0 radical (unpaired) electrons. The number of nitrogens with zero attached hydrogens (tertiary/aromatic N) is 1. The van der Waals surface area contributed by atoms with Crippen molar-refractivity contribution in [2.45, 2.75) is 17.4 Å². The van der Waals surface area contributed by atoms with E-state index in [1.165, 1.54) is 0 Å². The van der Waals surface area contributed by atoms with Gasteiger partial charge >= 0.3 is 0 Å². The minimum Gasteiger partial charge on any atom is -0.450 e. The molecular formula is C22H20ClNO4S. The molecule has 29 heavy (non-hydrogen) atoms. The maximum atomic E-state index is 13.4. The summed E-state index contributed by atoms with van der Waals surface area (Å²) in [5, 5.41) is 0.834. The number of methoxy groups -OCH3 is 1. The summed E-state index contributed by atoms with van der Waals surface area (Å²) in [4.78, 5) is 29.4. The Morgan fingerprint density at radius 2 is 1.93 bits per heavy atom. The van der Waals surface area contributed by atoms with E-state index in [0.717, 1.165) is 10.5 Å². The van der Waals surface area contributed by atoms with Crippen molar-refractivity contribution in [3.05, 3.63) is 74.6 Å². The molecule has 0 bridgehead atoms. The van der Waals surface area contributed by atoms with E-state index < -0.39 is 6.04 Å². The zero-order valence-corrected chi connectivity index (χ0v) is 17.7. The Morgan fingerprint density at radius 3 is 2.62 bits per heavy atom. The summed E-state index contributed by atoms with van der Waals surface area (Å²) in [6.45, 7) is 0.986. The van der Waals surface area contributed by atoms with Gasteiger partial charge in [0.05, 0.1) is 17.0 Å². The molecule has 0 N–H and O–H groups in total. The van der Waals surface area contributed by atoms with Crippen LogP contribution in [0.4, 0.5) is 0 Å². The van der Waals surface area contributed by atoms with Crippen LogP contribution < -0.4 is 5.43 Å². The molecule has 1 aromatic heterocycles. The van der Waals surface area contributed by atoms with Gasteiger partial charge < -0.3 is 14.1 Å². The predicted octanol–water partition coefficient (Wildman–Crippen LogP) is 4.75. The molecule has 1 unspecified atom stereocenters. The molecule has 4 rings (SSSR count). The number of ether oxygens (including phenoxy) is 1. The third-order valence-corrected chi connectivity index (χ3v) is 6.09. The molecule has 5 nitrogen and oxygen atoms in total. The molecule has 1 amide bonds. The summed E-state index contributed by atoms with van der Waals surface area (Å²) < 4.78 is 11.0. The Hall–Kier alpha value is -2.28. The lowest BCUT2D eigenvalue weighted by Gasteiger charge is -2.25. The van der Waals surface area contributed by atoms with Gasteiger partial charge in [0, 0.05) is 30.2 Å². The van der Waals surface area contributed by atoms with Crippen LogP contribution in [0.5, 0.6) is 0 Å². The third kappa shape index (κ3) is 3.56. The minimum atomic E-state index is -0.495. The van der Waals surface area contributed by atoms with Gasteiger partial charge in [-0.3, -0.25) is 9.59 Å². The molecule has 3 aromatic rings.